The minimum absolute atomic E-state index is 0.0246. The quantitative estimate of drug-likeness (QED) is 0.318. The third-order valence-electron chi connectivity index (χ3n) is 3.81. The van der Waals surface area contributed by atoms with Crippen molar-refractivity contribution in [1.29, 1.82) is 0 Å². The number of ether oxygens (including phenoxy) is 1. The van der Waals surface area contributed by atoms with E-state index in [1.165, 1.54) is 19.1 Å². The highest BCUT2D eigenvalue weighted by Crippen LogP contribution is 2.29. The van der Waals surface area contributed by atoms with E-state index in [9.17, 15) is 14.9 Å². The Balaban J connectivity index is 1.86. The van der Waals surface area contributed by atoms with Crippen LogP contribution in [0.4, 0.5) is 5.69 Å². The molecule has 0 spiro atoms. The van der Waals surface area contributed by atoms with Crippen LogP contribution in [0.1, 0.15) is 34.5 Å². The third-order valence-corrected chi connectivity index (χ3v) is 4.14. The molecule has 9 heteroatoms. The van der Waals surface area contributed by atoms with Gasteiger partial charge in [0.2, 0.25) is 5.76 Å². The average molecular weight is 403 g/mol. The summed E-state index contributed by atoms with van der Waals surface area (Å²) >= 11 is 6.07. The van der Waals surface area contributed by atoms with Gasteiger partial charge in [-0.15, -0.1) is 0 Å². The lowest BCUT2D eigenvalue weighted by molar-refractivity contribution is -0.386. The van der Waals surface area contributed by atoms with Crippen LogP contribution in [0.2, 0.25) is 5.02 Å². The third kappa shape index (κ3) is 3.96. The maximum Gasteiger partial charge on any atom is 0.339 e. The summed E-state index contributed by atoms with van der Waals surface area (Å²) in [5, 5.41) is 14.9. The first kappa shape index (κ1) is 19.4. The Hall–Kier alpha value is -3.39. The average Bonchev–Trinajstić information content (AvgIpc) is 3.27. The van der Waals surface area contributed by atoms with Gasteiger partial charge in [0.15, 0.2) is 5.69 Å². The van der Waals surface area contributed by atoms with E-state index in [0.717, 1.165) is 0 Å². The number of hydrogen-bond acceptors (Lipinski definition) is 7. The number of benzene rings is 1. The van der Waals surface area contributed by atoms with Gasteiger partial charge >= 0.3 is 11.7 Å². The van der Waals surface area contributed by atoms with E-state index in [0.29, 0.717) is 17.1 Å². The molecular formula is C19H15ClN2O6. The molecule has 8 nitrogen and oxygen atoms in total. The van der Waals surface area contributed by atoms with Crippen LogP contribution in [0.3, 0.4) is 0 Å². The van der Waals surface area contributed by atoms with Crippen molar-refractivity contribution in [3.63, 3.8) is 0 Å². The number of esters is 1. The Morgan fingerprint density at radius 2 is 2.11 bits per heavy atom. The zero-order chi connectivity index (χ0) is 20.3. The maximum absolute atomic E-state index is 12.0. The topological polar surface area (TPSA) is 109 Å². The number of aromatic nitrogens is 1. The van der Waals surface area contributed by atoms with E-state index in [2.05, 4.69) is 5.16 Å². The van der Waals surface area contributed by atoms with Crippen LogP contribution in [0, 0.1) is 17.0 Å². The van der Waals surface area contributed by atoms with Crippen molar-refractivity contribution in [3.8, 4) is 11.3 Å². The van der Waals surface area contributed by atoms with Gasteiger partial charge in [0.05, 0.1) is 22.1 Å². The van der Waals surface area contributed by atoms with Gasteiger partial charge in [-0.1, -0.05) is 16.8 Å². The van der Waals surface area contributed by atoms with Crippen LogP contribution in [0.5, 0.6) is 0 Å². The molecule has 0 fully saturated rings. The summed E-state index contributed by atoms with van der Waals surface area (Å²) in [5.41, 5.74) is 0.869. The van der Waals surface area contributed by atoms with Crippen LogP contribution in [-0.4, -0.2) is 22.7 Å². The van der Waals surface area contributed by atoms with Crippen LogP contribution < -0.4 is 0 Å². The van der Waals surface area contributed by atoms with Gasteiger partial charge in [0, 0.05) is 5.56 Å². The molecule has 3 rings (SSSR count). The minimum Gasteiger partial charge on any atom is -0.462 e. The number of furan rings is 1. The fourth-order valence-corrected chi connectivity index (χ4v) is 2.71. The number of hydrogen-bond donors (Lipinski definition) is 0. The fourth-order valence-electron chi connectivity index (χ4n) is 2.51. The molecule has 0 unspecified atom stereocenters. The van der Waals surface area contributed by atoms with Gasteiger partial charge in [-0.2, -0.15) is 0 Å². The zero-order valence-electron chi connectivity index (χ0n) is 15.0. The monoisotopic (exact) mass is 402 g/mol. The number of aryl methyl sites for hydroxylation is 1. The van der Waals surface area contributed by atoms with Crippen molar-refractivity contribution in [2.75, 3.05) is 6.61 Å². The van der Waals surface area contributed by atoms with Crippen molar-refractivity contribution in [3.05, 3.63) is 68.2 Å². The Morgan fingerprint density at radius 3 is 2.82 bits per heavy atom. The predicted molar refractivity (Wildman–Crippen MR) is 102 cm³/mol. The maximum atomic E-state index is 12.0. The summed E-state index contributed by atoms with van der Waals surface area (Å²) in [6.45, 7) is 3.44. The molecule has 3 aromatic rings. The summed E-state index contributed by atoms with van der Waals surface area (Å²) in [5.74, 6) is 0.432. The van der Waals surface area contributed by atoms with Crippen LogP contribution in [-0.2, 0) is 4.74 Å². The van der Waals surface area contributed by atoms with Gasteiger partial charge in [0.1, 0.15) is 11.5 Å². The summed E-state index contributed by atoms with van der Waals surface area (Å²) in [7, 11) is 0. The van der Waals surface area contributed by atoms with Crippen LogP contribution >= 0.6 is 11.6 Å². The van der Waals surface area contributed by atoms with Gasteiger partial charge in [0.25, 0.3) is 0 Å². The van der Waals surface area contributed by atoms with Gasteiger partial charge in [-0.25, -0.2) is 4.79 Å². The minimum atomic E-state index is -0.552. The summed E-state index contributed by atoms with van der Waals surface area (Å²) < 4.78 is 15.7. The largest absolute Gasteiger partial charge is 0.462 e. The van der Waals surface area contributed by atoms with Crippen molar-refractivity contribution in [2.24, 2.45) is 0 Å². The number of carbonyl (C=O) groups excluding carboxylic acids is 1. The van der Waals surface area contributed by atoms with Crippen molar-refractivity contribution in [1.82, 2.24) is 5.16 Å². The molecule has 0 N–H and O–H groups in total. The molecule has 2 aromatic heterocycles. The van der Waals surface area contributed by atoms with E-state index in [-0.39, 0.29) is 34.3 Å². The highest BCUT2D eigenvalue weighted by Gasteiger charge is 2.22. The van der Waals surface area contributed by atoms with Gasteiger partial charge in [-0.05, 0) is 56.3 Å². The van der Waals surface area contributed by atoms with Crippen molar-refractivity contribution >= 4 is 35.4 Å². The molecule has 0 bridgehead atoms. The predicted octanol–water partition coefficient (Wildman–Crippen LogP) is 5.15. The Kier molecular flexibility index (Phi) is 5.60. The van der Waals surface area contributed by atoms with E-state index < -0.39 is 10.9 Å². The second kappa shape index (κ2) is 8.10. The molecule has 1 aromatic carbocycles. The first-order valence-electron chi connectivity index (χ1n) is 8.26. The molecule has 0 aliphatic rings. The molecule has 0 atom stereocenters. The highest BCUT2D eigenvalue weighted by molar-refractivity contribution is 6.33. The van der Waals surface area contributed by atoms with Crippen molar-refractivity contribution in [2.45, 2.75) is 13.8 Å². The zero-order valence-corrected chi connectivity index (χ0v) is 15.7. The van der Waals surface area contributed by atoms with E-state index in [1.807, 2.05) is 0 Å². The normalized spacial score (nSPS) is 11.1. The van der Waals surface area contributed by atoms with Crippen molar-refractivity contribution < 1.29 is 23.4 Å². The smallest absolute Gasteiger partial charge is 0.339 e. The molecule has 0 saturated heterocycles. The van der Waals surface area contributed by atoms with Crippen LogP contribution in [0.25, 0.3) is 23.5 Å². The highest BCUT2D eigenvalue weighted by atomic mass is 35.5. The number of rotatable bonds is 6. The van der Waals surface area contributed by atoms with Crippen LogP contribution in [0.15, 0.2) is 39.3 Å². The number of halogens is 1. The number of nitrogens with zero attached hydrogens (tertiary/aromatic N) is 2. The molecule has 0 radical (unpaired) electrons. The number of nitro groups is 1. The lowest BCUT2D eigenvalue weighted by Crippen LogP contribution is -2.05. The Labute approximate surface area is 164 Å². The Morgan fingerprint density at radius 1 is 1.32 bits per heavy atom. The second-order valence-corrected chi connectivity index (χ2v) is 6.10. The van der Waals surface area contributed by atoms with E-state index in [1.54, 1.807) is 37.3 Å². The molecule has 28 heavy (non-hydrogen) atoms. The summed E-state index contributed by atoms with van der Waals surface area (Å²) in [4.78, 5) is 22.5. The molecule has 0 aliphatic heterocycles. The molecule has 0 saturated carbocycles. The first-order chi connectivity index (χ1) is 13.4. The lowest BCUT2D eigenvalue weighted by atomic mass is 10.1. The summed E-state index contributed by atoms with van der Waals surface area (Å²) in [6.07, 6.45) is 2.94. The SMILES string of the molecule is CCOC(=O)c1cc(-c2ccc(/C=C\c3onc(C)c3[N+](=O)[O-])o2)ccc1Cl. The number of carbonyl (C=O) groups is 1. The van der Waals surface area contributed by atoms with Gasteiger partial charge < -0.3 is 13.7 Å². The Bertz CT molecular complexity index is 1070. The fraction of sp³-hybridized carbons (Fsp3) is 0.158. The molecule has 144 valence electrons. The van der Waals surface area contributed by atoms with Gasteiger partial charge in [-0.3, -0.25) is 10.1 Å². The second-order valence-electron chi connectivity index (χ2n) is 5.69. The standard InChI is InChI=1S/C19H15ClN2O6/c1-3-26-19(23)14-10-12(4-7-15(14)20)16-8-5-13(27-16)6-9-17-18(22(24)25)11(2)21-28-17/h4-10H,3H2,1-2H3/b9-6-. The molecular weight excluding hydrogens is 388 g/mol. The molecule has 0 aliphatic carbocycles. The molecule has 2 heterocycles. The summed E-state index contributed by atoms with van der Waals surface area (Å²) in [6, 6.07) is 8.26. The van der Waals surface area contributed by atoms with E-state index in [4.69, 9.17) is 25.3 Å². The van der Waals surface area contributed by atoms with E-state index >= 15 is 0 Å². The lowest BCUT2D eigenvalue weighted by Gasteiger charge is -2.05. The molecule has 0 amide bonds. The first-order valence-corrected chi connectivity index (χ1v) is 8.64.